The molecule has 0 amide bonds. The fourth-order valence-corrected chi connectivity index (χ4v) is 1.50. The van der Waals surface area contributed by atoms with Gasteiger partial charge in [-0.25, -0.2) is 0 Å². The lowest BCUT2D eigenvalue weighted by Crippen LogP contribution is -2.32. The maximum Gasteiger partial charge on any atom is 0.0136 e. The van der Waals surface area contributed by atoms with E-state index in [1.165, 1.54) is 11.1 Å². The monoisotopic (exact) mass is 206 g/mol. The number of benzene rings is 1. The molecule has 0 radical (unpaired) electrons. The van der Waals surface area contributed by atoms with Crippen molar-refractivity contribution >= 4 is 0 Å². The first kappa shape index (κ1) is 12.2. The van der Waals surface area contributed by atoms with E-state index in [4.69, 9.17) is 5.73 Å². The van der Waals surface area contributed by atoms with Gasteiger partial charge in [0.15, 0.2) is 0 Å². The first-order valence-electron chi connectivity index (χ1n) is 5.76. The van der Waals surface area contributed by atoms with E-state index in [1.807, 2.05) is 6.92 Å². The first-order valence-corrected chi connectivity index (χ1v) is 5.76. The van der Waals surface area contributed by atoms with Gasteiger partial charge >= 0.3 is 0 Å². The van der Waals surface area contributed by atoms with Crippen LogP contribution < -0.4 is 11.1 Å². The average molecular weight is 206 g/mol. The molecule has 0 heterocycles. The highest BCUT2D eigenvalue weighted by Crippen LogP contribution is 2.05. The maximum absolute atomic E-state index is 5.65. The molecule has 0 fully saturated rings. The van der Waals surface area contributed by atoms with E-state index in [1.54, 1.807) is 0 Å². The van der Waals surface area contributed by atoms with Crippen LogP contribution in [0.1, 0.15) is 25.0 Å². The van der Waals surface area contributed by atoms with Gasteiger partial charge < -0.3 is 11.1 Å². The Balaban J connectivity index is 2.25. The Kier molecular flexibility index (Phi) is 5.37. The van der Waals surface area contributed by atoms with Crippen LogP contribution >= 0.6 is 0 Å². The molecule has 1 aromatic rings. The van der Waals surface area contributed by atoms with E-state index < -0.39 is 0 Å². The highest BCUT2D eigenvalue weighted by atomic mass is 14.9. The van der Waals surface area contributed by atoms with E-state index >= 15 is 0 Å². The van der Waals surface area contributed by atoms with Crippen LogP contribution in [0, 0.1) is 0 Å². The molecule has 15 heavy (non-hydrogen) atoms. The molecule has 0 spiro atoms. The van der Waals surface area contributed by atoms with Gasteiger partial charge in [0.2, 0.25) is 0 Å². The Labute approximate surface area is 92.9 Å². The Morgan fingerprint density at radius 3 is 2.33 bits per heavy atom. The summed E-state index contributed by atoms with van der Waals surface area (Å²) in [4.78, 5) is 0. The van der Waals surface area contributed by atoms with Crippen molar-refractivity contribution in [2.24, 2.45) is 5.73 Å². The number of hydrogen-bond acceptors (Lipinski definition) is 2. The van der Waals surface area contributed by atoms with Gasteiger partial charge in [0, 0.05) is 12.6 Å². The van der Waals surface area contributed by atoms with Crippen LogP contribution in [-0.2, 0) is 12.8 Å². The van der Waals surface area contributed by atoms with Crippen molar-refractivity contribution in [3.8, 4) is 0 Å². The molecule has 0 aromatic heterocycles. The molecule has 2 nitrogen and oxygen atoms in total. The Hall–Kier alpha value is -0.860. The molecule has 1 aromatic carbocycles. The van der Waals surface area contributed by atoms with Gasteiger partial charge in [-0.2, -0.15) is 0 Å². The molecular formula is C13H22N2. The Bertz CT molecular complexity index is 264. The van der Waals surface area contributed by atoms with Gasteiger partial charge in [-0.3, -0.25) is 0 Å². The third kappa shape index (κ3) is 4.96. The summed E-state index contributed by atoms with van der Waals surface area (Å²) in [5, 5.41) is 3.34. The van der Waals surface area contributed by atoms with Crippen molar-refractivity contribution < 1.29 is 0 Å². The van der Waals surface area contributed by atoms with E-state index in [9.17, 15) is 0 Å². The lowest BCUT2D eigenvalue weighted by atomic mass is 10.1. The summed E-state index contributed by atoms with van der Waals surface area (Å²) in [7, 11) is 0. The van der Waals surface area contributed by atoms with E-state index in [0.29, 0.717) is 0 Å². The van der Waals surface area contributed by atoms with Crippen molar-refractivity contribution in [1.29, 1.82) is 0 Å². The van der Waals surface area contributed by atoms with Gasteiger partial charge in [-0.1, -0.05) is 31.2 Å². The van der Waals surface area contributed by atoms with Crippen molar-refractivity contribution in [2.45, 2.75) is 32.7 Å². The van der Waals surface area contributed by atoms with Crippen molar-refractivity contribution in [1.82, 2.24) is 5.32 Å². The summed E-state index contributed by atoms with van der Waals surface area (Å²) in [5.41, 5.74) is 8.45. The molecule has 2 heteroatoms. The Morgan fingerprint density at radius 1 is 1.20 bits per heavy atom. The predicted molar refractivity (Wildman–Crippen MR) is 66.0 cm³/mol. The van der Waals surface area contributed by atoms with Crippen molar-refractivity contribution in [3.63, 3.8) is 0 Å². The summed E-state index contributed by atoms with van der Waals surface area (Å²) in [6.45, 7) is 6.10. The zero-order chi connectivity index (χ0) is 11.1. The number of nitrogens with two attached hydrogens (primary N) is 1. The minimum Gasteiger partial charge on any atom is -0.327 e. The second-order valence-electron chi connectivity index (χ2n) is 4.10. The molecule has 0 saturated carbocycles. The smallest absolute Gasteiger partial charge is 0.0136 e. The molecule has 0 aliphatic carbocycles. The van der Waals surface area contributed by atoms with Crippen LogP contribution in [0.15, 0.2) is 24.3 Å². The van der Waals surface area contributed by atoms with Crippen LogP contribution in [0.4, 0.5) is 0 Å². The third-order valence-corrected chi connectivity index (χ3v) is 2.49. The lowest BCUT2D eigenvalue weighted by molar-refractivity contribution is 0.609. The number of aryl methyl sites for hydroxylation is 1. The lowest BCUT2D eigenvalue weighted by Gasteiger charge is -2.07. The van der Waals surface area contributed by atoms with Gasteiger partial charge in [0.05, 0.1) is 0 Å². The van der Waals surface area contributed by atoms with Crippen LogP contribution in [0.5, 0.6) is 0 Å². The number of rotatable bonds is 6. The highest BCUT2D eigenvalue weighted by Gasteiger charge is 1.95. The standard InChI is InChI=1S/C13H22N2/c1-3-12-4-6-13(7-5-12)8-9-15-10-11(2)14/h4-7,11,15H,3,8-10,14H2,1-2H3. The molecule has 0 aliphatic rings. The third-order valence-electron chi connectivity index (χ3n) is 2.49. The number of hydrogen-bond donors (Lipinski definition) is 2. The van der Waals surface area contributed by atoms with Gasteiger partial charge in [-0.05, 0) is 37.4 Å². The Morgan fingerprint density at radius 2 is 1.80 bits per heavy atom. The van der Waals surface area contributed by atoms with Crippen LogP contribution in [-0.4, -0.2) is 19.1 Å². The second kappa shape index (κ2) is 6.59. The molecule has 0 aliphatic heterocycles. The summed E-state index contributed by atoms with van der Waals surface area (Å²) >= 11 is 0. The van der Waals surface area contributed by atoms with Crippen molar-refractivity contribution in [2.75, 3.05) is 13.1 Å². The molecular weight excluding hydrogens is 184 g/mol. The predicted octanol–water partition coefficient (Wildman–Crippen LogP) is 1.73. The number of nitrogens with one attached hydrogen (secondary N) is 1. The van der Waals surface area contributed by atoms with Crippen LogP contribution in [0.2, 0.25) is 0 Å². The topological polar surface area (TPSA) is 38.0 Å². The molecule has 1 rings (SSSR count). The van der Waals surface area contributed by atoms with Crippen LogP contribution in [0.3, 0.4) is 0 Å². The summed E-state index contributed by atoms with van der Waals surface area (Å²) in [5.74, 6) is 0. The fourth-order valence-electron chi connectivity index (χ4n) is 1.50. The largest absolute Gasteiger partial charge is 0.327 e. The summed E-state index contributed by atoms with van der Waals surface area (Å²) in [6.07, 6.45) is 2.19. The quantitative estimate of drug-likeness (QED) is 0.696. The molecule has 1 unspecified atom stereocenters. The average Bonchev–Trinajstić information content (AvgIpc) is 2.25. The summed E-state index contributed by atoms with van der Waals surface area (Å²) in [6, 6.07) is 9.09. The van der Waals surface area contributed by atoms with Crippen molar-refractivity contribution in [3.05, 3.63) is 35.4 Å². The zero-order valence-electron chi connectivity index (χ0n) is 9.79. The van der Waals surface area contributed by atoms with E-state index in [0.717, 1.165) is 25.9 Å². The second-order valence-corrected chi connectivity index (χ2v) is 4.10. The minimum absolute atomic E-state index is 0.243. The molecule has 3 N–H and O–H groups in total. The summed E-state index contributed by atoms with van der Waals surface area (Å²) < 4.78 is 0. The van der Waals surface area contributed by atoms with Gasteiger partial charge in [-0.15, -0.1) is 0 Å². The van der Waals surface area contributed by atoms with Gasteiger partial charge in [0.25, 0.3) is 0 Å². The molecule has 84 valence electrons. The molecule has 1 atom stereocenters. The van der Waals surface area contributed by atoms with E-state index in [2.05, 4.69) is 36.5 Å². The SMILES string of the molecule is CCc1ccc(CCNCC(C)N)cc1. The van der Waals surface area contributed by atoms with Crippen LogP contribution in [0.25, 0.3) is 0 Å². The normalized spacial score (nSPS) is 12.7. The molecule has 0 saturated heterocycles. The van der Waals surface area contributed by atoms with Gasteiger partial charge in [0.1, 0.15) is 0 Å². The highest BCUT2D eigenvalue weighted by molar-refractivity contribution is 5.22. The van der Waals surface area contributed by atoms with E-state index in [-0.39, 0.29) is 6.04 Å². The zero-order valence-corrected chi connectivity index (χ0v) is 9.79. The minimum atomic E-state index is 0.243. The maximum atomic E-state index is 5.65. The fraction of sp³-hybridized carbons (Fsp3) is 0.538. The molecule has 0 bridgehead atoms. The first-order chi connectivity index (χ1) is 7.22.